The summed E-state index contributed by atoms with van der Waals surface area (Å²) in [4.78, 5) is 0. The van der Waals surface area contributed by atoms with E-state index >= 15 is 0 Å². The second-order valence-corrected chi connectivity index (χ2v) is 3.60. The summed E-state index contributed by atoms with van der Waals surface area (Å²) in [7, 11) is 1.61. The molecule has 0 aliphatic carbocycles. The third-order valence-corrected chi connectivity index (χ3v) is 1.74. The van der Waals surface area contributed by atoms with Gasteiger partial charge < -0.3 is 9.47 Å². The van der Waals surface area contributed by atoms with Crippen molar-refractivity contribution in [3.05, 3.63) is 12.5 Å². The monoisotopic (exact) mass is 172 g/mol. The van der Waals surface area contributed by atoms with Gasteiger partial charge in [0.2, 0.25) is 0 Å². The minimum atomic E-state index is 0.274. The number of methoxy groups -OCH3 is 1. The summed E-state index contributed by atoms with van der Waals surface area (Å²) < 4.78 is 10.2. The van der Waals surface area contributed by atoms with Gasteiger partial charge in [-0.05, 0) is 11.8 Å². The third kappa shape index (κ3) is 4.27. The molecule has 2 heteroatoms. The average Bonchev–Trinajstić information content (AvgIpc) is 1.96. The van der Waals surface area contributed by atoms with Crippen LogP contribution < -0.4 is 0 Å². The van der Waals surface area contributed by atoms with Crippen LogP contribution in [0.5, 0.6) is 0 Å². The van der Waals surface area contributed by atoms with Crippen molar-refractivity contribution in [2.45, 2.75) is 33.8 Å². The summed E-state index contributed by atoms with van der Waals surface area (Å²) in [6.45, 7) is 8.63. The summed E-state index contributed by atoms with van der Waals surface area (Å²) in [6.07, 6.45) is 3.44. The van der Waals surface area contributed by atoms with E-state index in [4.69, 9.17) is 9.47 Å². The van der Waals surface area contributed by atoms with E-state index in [2.05, 4.69) is 27.7 Å². The van der Waals surface area contributed by atoms with E-state index in [1.54, 1.807) is 19.6 Å². The molecule has 0 amide bonds. The van der Waals surface area contributed by atoms with E-state index in [1.165, 1.54) is 0 Å². The van der Waals surface area contributed by atoms with Gasteiger partial charge in [-0.2, -0.15) is 0 Å². The van der Waals surface area contributed by atoms with Crippen LogP contribution in [0.1, 0.15) is 27.7 Å². The predicted octanol–water partition coefficient (Wildman–Crippen LogP) is 2.80. The first-order valence-corrected chi connectivity index (χ1v) is 4.42. The van der Waals surface area contributed by atoms with Crippen LogP contribution in [0.15, 0.2) is 12.5 Å². The molecule has 0 aliphatic rings. The molecule has 0 heterocycles. The van der Waals surface area contributed by atoms with E-state index in [0.717, 1.165) is 0 Å². The maximum Gasteiger partial charge on any atom is 0.118 e. The van der Waals surface area contributed by atoms with Gasteiger partial charge in [0, 0.05) is 0 Å². The van der Waals surface area contributed by atoms with E-state index in [0.29, 0.717) is 11.8 Å². The largest absolute Gasteiger partial charge is 0.501 e. The van der Waals surface area contributed by atoms with Crippen molar-refractivity contribution in [2.24, 2.45) is 11.8 Å². The Morgan fingerprint density at radius 3 is 1.75 bits per heavy atom. The zero-order chi connectivity index (χ0) is 9.56. The molecule has 0 radical (unpaired) electrons. The van der Waals surface area contributed by atoms with Gasteiger partial charge in [-0.15, -0.1) is 0 Å². The van der Waals surface area contributed by atoms with Gasteiger partial charge in [0.15, 0.2) is 0 Å². The molecule has 0 bridgehead atoms. The minimum Gasteiger partial charge on any atom is -0.501 e. The molecule has 12 heavy (non-hydrogen) atoms. The molecule has 0 rings (SSSR count). The molecular formula is C10H20O2. The summed E-state index contributed by atoms with van der Waals surface area (Å²) in [5.74, 6) is 1.07. The van der Waals surface area contributed by atoms with Crippen LogP contribution in [0.3, 0.4) is 0 Å². The standard InChI is InChI=1S/C10H20O2/c1-8(2)10(9(3)4)12-7-6-11-5/h6-10H,1-5H3/b7-6-. The topological polar surface area (TPSA) is 18.5 Å². The molecule has 0 aromatic rings. The maximum absolute atomic E-state index is 5.50. The smallest absolute Gasteiger partial charge is 0.118 e. The minimum absolute atomic E-state index is 0.274. The SMILES string of the molecule is CO/C=C\OC(C(C)C)C(C)C. The molecule has 0 aliphatic heterocycles. The van der Waals surface area contributed by atoms with Crippen LogP contribution in [0, 0.1) is 11.8 Å². The van der Waals surface area contributed by atoms with Crippen LogP contribution in [0.25, 0.3) is 0 Å². The Bertz CT molecular complexity index is 120. The summed E-state index contributed by atoms with van der Waals surface area (Å²) >= 11 is 0. The van der Waals surface area contributed by atoms with Crippen LogP contribution in [0.2, 0.25) is 0 Å². The predicted molar refractivity (Wildman–Crippen MR) is 50.7 cm³/mol. The van der Waals surface area contributed by atoms with Crippen molar-refractivity contribution in [1.29, 1.82) is 0 Å². The highest BCUT2D eigenvalue weighted by Gasteiger charge is 2.17. The summed E-state index contributed by atoms with van der Waals surface area (Å²) in [5, 5.41) is 0. The van der Waals surface area contributed by atoms with E-state index in [9.17, 15) is 0 Å². The van der Waals surface area contributed by atoms with Crippen molar-refractivity contribution in [2.75, 3.05) is 7.11 Å². The fourth-order valence-electron chi connectivity index (χ4n) is 1.26. The van der Waals surface area contributed by atoms with Crippen molar-refractivity contribution >= 4 is 0 Å². The summed E-state index contributed by atoms with van der Waals surface area (Å²) in [6, 6.07) is 0. The number of ether oxygens (including phenoxy) is 2. The lowest BCUT2D eigenvalue weighted by Crippen LogP contribution is -2.23. The van der Waals surface area contributed by atoms with Gasteiger partial charge >= 0.3 is 0 Å². The molecule has 0 N–H and O–H groups in total. The average molecular weight is 172 g/mol. The molecular weight excluding hydrogens is 152 g/mol. The quantitative estimate of drug-likeness (QED) is 0.594. The highest BCUT2D eigenvalue weighted by Crippen LogP contribution is 2.16. The van der Waals surface area contributed by atoms with Crippen molar-refractivity contribution < 1.29 is 9.47 Å². The Morgan fingerprint density at radius 1 is 0.917 bits per heavy atom. The Hall–Kier alpha value is -0.660. The van der Waals surface area contributed by atoms with Crippen molar-refractivity contribution in [3.63, 3.8) is 0 Å². The molecule has 0 atom stereocenters. The van der Waals surface area contributed by atoms with Gasteiger partial charge in [0.25, 0.3) is 0 Å². The lowest BCUT2D eigenvalue weighted by Gasteiger charge is -2.23. The zero-order valence-corrected chi connectivity index (χ0v) is 8.70. The highest BCUT2D eigenvalue weighted by atomic mass is 16.5. The molecule has 0 saturated carbocycles. The summed E-state index contributed by atoms with van der Waals surface area (Å²) in [5.41, 5.74) is 0. The Balaban J connectivity index is 3.88. The van der Waals surface area contributed by atoms with Gasteiger partial charge in [-0.1, -0.05) is 27.7 Å². The lowest BCUT2D eigenvalue weighted by atomic mass is 9.96. The van der Waals surface area contributed by atoms with Crippen LogP contribution in [0.4, 0.5) is 0 Å². The van der Waals surface area contributed by atoms with E-state index in [1.807, 2.05) is 0 Å². The third-order valence-electron chi connectivity index (χ3n) is 1.74. The molecule has 2 nitrogen and oxygen atoms in total. The fraction of sp³-hybridized carbons (Fsp3) is 0.800. The van der Waals surface area contributed by atoms with Crippen molar-refractivity contribution in [3.8, 4) is 0 Å². The molecule has 72 valence electrons. The first-order valence-electron chi connectivity index (χ1n) is 4.42. The highest BCUT2D eigenvalue weighted by molar-refractivity contribution is 4.71. The van der Waals surface area contributed by atoms with Gasteiger partial charge in [-0.25, -0.2) is 0 Å². The molecule has 0 spiro atoms. The van der Waals surface area contributed by atoms with Crippen LogP contribution >= 0.6 is 0 Å². The zero-order valence-electron chi connectivity index (χ0n) is 8.70. The molecule has 0 aromatic carbocycles. The molecule has 0 unspecified atom stereocenters. The van der Waals surface area contributed by atoms with Crippen LogP contribution in [-0.4, -0.2) is 13.2 Å². The molecule has 0 fully saturated rings. The van der Waals surface area contributed by atoms with Crippen LogP contribution in [-0.2, 0) is 9.47 Å². The Labute approximate surface area is 75.6 Å². The second-order valence-electron chi connectivity index (χ2n) is 3.60. The van der Waals surface area contributed by atoms with E-state index in [-0.39, 0.29) is 6.10 Å². The number of rotatable bonds is 5. The molecule has 0 aromatic heterocycles. The number of hydrogen-bond acceptors (Lipinski definition) is 2. The van der Waals surface area contributed by atoms with E-state index < -0.39 is 0 Å². The van der Waals surface area contributed by atoms with Gasteiger partial charge in [-0.3, -0.25) is 0 Å². The first-order chi connectivity index (χ1) is 5.59. The second kappa shape index (κ2) is 5.92. The molecule has 0 saturated heterocycles. The maximum atomic E-state index is 5.50. The fourth-order valence-corrected chi connectivity index (χ4v) is 1.26. The lowest BCUT2D eigenvalue weighted by molar-refractivity contribution is 0.0562. The Kier molecular flexibility index (Phi) is 5.60. The van der Waals surface area contributed by atoms with Gasteiger partial charge in [0.05, 0.1) is 7.11 Å². The van der Waals surface area contributed by atoms with Gasteiger partial charge in [0.1, 0.15) is 18.6 Å². The Morgan fingerprint density at radius 2 is 1.42 bits per heavy atom. The first kappa shape index (κ1) is 11.3. The van der Waals surface area contributed by atoms with Crippen molar-refractivity contribution in [1.82, 2.24) is 0 Å². The number of hydrogen-bond donors (Lipinski definition) is 0. The normalized spacial score (nSPS) is 12.0.